The smallest absolute Gasteiger partial charge is 0.312 e. The van der Waals surface area contributed by atoms with Crippen LogP contribution < -0.4 is 0 Å². The van der Waals surface area contributed by atoms with Gasteiger partial charge in [0.25, 0.3) is 0 Å². The van der Waals surface area contributed by atoms with E-state index in [1.807, 2.05) is 0 Å². The summed E-state index contributed by atoms with van der Waals surface area (Å²) in [5.41, 5.74) is -1.88. The minimum absolute atomic E-state index is 0.0292. The molecule has 138 valence electrons. The summed E-state index contributed by atoms with van der Waals surface area (Å²) in [6.45, 7) is 7.51. The Morgan fingerprint density at radius 3 is 2.64 bits per heavy atom. The number of carbonyl (C=O) groups excluding carboxylic acids is 2. The predicted molar refractivity (Wildman–Crippen MR) is 88.8 cm³/mol. The van der Waals surface area contributed by atoms with Gasteiger partial charge in [0, 0.05) is 24.2 Å². The SMILES string of the molecule is C[C@@H]1C[C@H]2OC(=O)[C@@]3(C)CCC[C@@](C)([C@@H]23)[C@@]12CC(=O)[C@]1(CCOC1)O2. The molecule has 3 heterocycles. The molecule has 3 saturated heterocycles. The highest BCUT2D eigenvalue weighted by atomic mass is 16.6. The van der Waals surface area contributed by atoms with Crippen molar-refractivity contribution in [2.24, 2.45) is 22.7 Å². The van der Waals surface area contributed by atoms with Crippen LogP contribution in [-0.2, 0) is 23.8 Å². The van der Waals surface area contributed by atoms with E-state index >= 15 is 0 Å². The molecule has 0 unspecified atom stereocenters. The molecule has 2 saturated carbocycles. The van der Waals surface area contributed by atoms with Crippen molar-refractivity contribution in [1.82, 2.24) is 0 Å². The molecule has 5 rings (SSSR count). The van der Waals surface area contributed by atoms with E-state index < -0.39 is 16.6 Å². The minimum atomic E-state index is -0.749. The molecule has 0 bridgehead atoms. The van der Waals surface area contributed by atoms with Crippen molar-refractivity contribution in [3.8, 4) is 0 Å². The largest absolute Gasteiger partial charge is 0.462 e. The van der Waals surface area contributed by atoms with Crippen LogP contribution in [0.15, 0.2) is 0 Å². The predicted octanol–water partition coefficient (Wildman–Crippen LogP) is 2.65. The van der Waals surface area contributed by atoms with E-state index in [0.29, 0.717) is 26.1 Å². The Labute approximate surface area is 148 Å². The lowest BCUT2D eigenvalue weighted by atomic mass is 9.44. The molecule has 5 fully saturated rings. The molecule has 0 radical (unpaired) electrons. The van der Waals surface area contributed by atoms with Gasteiger partial charge in [-0.1, -0.05) is 20.3 Å². The molecule has 0 aromatic carbocycles. The fourth-order valence-corrected chi connectivity index (χ4v) is 7.27. The zero-order valence-corrected chi connectivity index (χ0v) is 15.4. The number of hydrogen-bond donors (Lipinski definition) is 0. The number of ether oxygens (including phenoxy) is 3. The van der Waals surface area contributed by atoms with E-state index in [2.05, 4.69) is 20.8 Å². The first-order chi connectivity index (χ1) is 11.8. The van der Waals surface area contributed by atoms with Crippen LogP contribution in [0, 0.1) is 22.7 Å². The summed E-state index contributed by atoms with van der Waals surface area (Å²) in [4.78, 5) is 25.7. The summed E-state index contributed by atoms with van der Waals surface area (Å²) in [5.74, 6) is 0.494. The van der Waals surface area contributed by atoms with Gasteiger partial charge in [0.1, 0.15) is 6.10 Å². The molecule has 25 heavy (non-hydrogen) atoms. The second-order valence-corrected chi connectivity index (χ2v) is 9.64. The number of carbonyl (C=O) groups is 2. The lowest BCUT2D eigenvalue weighted by Crippen LogP contribution is -2.65. The molecular formula is C20H28O5. The lowest BCUT2D eigenvalue weighted by molar-refractivity contribution is -0.250. The van der Waals surface area contributed by atoms with Crippen LogP contribution in [0.4, 0.5) is 0 Å². The van der Waals surface area contributed by atoms with Crippen LogP contribution in [0.1, 0.15) is 59.3 Å². The first-order valence-electron chi connectivity index (χ1n) is 9.80. The quantitative estimate of drug-likeness (QED) is 0.630. The van der Waals surface area contributed by atoms with E-state index in [1.54, 1.807) is 0 Å². The van der Waals surface area contributed by atoms with Gasteiger partial charge in [-0.25, -0.2) is 0 Å². The van der Waals surface area contributed by atoms with Crippen molar-refractivity contribution >= 4 is 11.8 Å². The number of hydrogen-bond acceptors (Lipinski definition) is 5. The van der Waals surface area contributed by atoms with Crippen molar-refractivity contribution in [3.05, 3.63) is 0 Å². The summed E-state index contributed by atoms with van der Waals surface area (Å²) in [7, 11) is 0. The fourth-order valence-electron chi connectivity index (χ4n) is 7.27. The second kappa shape index (κ2) is 4.66. The highest BCUT2D eigenvalue weighted by Gasteiger charge is 2.75. The number of ketones is 1. The van der Waals surface area contributed by atoms with Gasteiger partial charge in [-0.15, -0.1) is 0 Å². The summed E-state index contributed by atoms with van der Waals surface area (Å²) in [6, 6.07) is 0. The van der Waals surface area contributed by atoms with Crippen LogP contribution in [0.5, 0.6) is 0 Å². The first kappa shape index (κ1) is 16.2. The number of fused-ring (bicyclic) bond motifs is 1. The Bertz CT molecular complexity index is 652. The van der Waals surface area contributed by atoms with Crippen LogP contribution in [0.25, 0.3) is 0 Å². The second-order valence-electron chi connectivity index (χ2n) is 9.64. The zero-order valence-electron chi connectivity index (χ0n) is 15.4. The Morgan fingerprint density at radius 1 is 1.12 bits per heavy atom. The average molecular weight is 348 g/mol. The maximum atomic E-state index is 13.1. The molecule has 2 aliphatic carbocycles. The van der Waals surface area contributed by atoms with Crippen molar-refractivity contribution in [2.75, 3.05) is 13.2 Å². The molecule has 5 nitrogen and oxygen atoms in total. The van der Waals surface area contributed by atoms with Gasteiger partial charge in [-0.05, 0) is 32.1 Å². The van der Waals surface area contributed by atoms with Gasteiger partial charge < -0.3 is 14.2 Å². The van der Waals surface area contributed by atoms with Crippen molar-refractivity contribution < 1.29 is 23.8 Å². The van der Waals surface area contributed by atoms with Crippen molar-refractivity contribution in [3.63, 3.8) is 0 Å². The first-order valence-corrected chi connectivity index (χ1v) is 9.80. The van der Waals surface area contributed by atoms with Gasteiger partial charge in [0.2, 0.25) is 0 Å². The molecule has 7 atom stereocenters. The standard InChI is InChI=1S/C20H28O5/c1-12-9-13-15-17(2,16(22)24-13)5-4-6-18(15,3)20(12)10-14(21)19(25-20)7-8-23-11-19/h12-13,15H,4-11H2,1-3H3/t12-,13-,15+,17+,18+,19-,20-/m1/s1. The number of Topliss-reactive ketones (excluding diaryl/α,β-unsaturated/α-hetero) is 1. The van der Waals surface area contributed by atoms with Crippen molar-refractivity contribution in [1.29, 1.82) is 0 Å². The summed E-state index contributed by atoms with van der Waals surface area (Å²) < 4.78 is 18.2. The van der Waals surface area contributed by atoms with Crippen LogP contribution >= 0.6 is 0 Å². The van der Waals surface area contributed by atoms with Crippen molar-refractivity contribution in [2.45, 2.75) is 76.6 Å². The average Bonchev–Trinajstić information content (AvgIpc) is 3.19. The van der Waals surface area contributed by atoms with E-state index in [1.165, 1.54) is 0 Å². The van der Waals surface area contributed by atoms with Crippen LogP contribution in [0.3, 0.4) is 0 Å². The molecule has 5 heteroatoms. The maximum absolute atomic E-state index is 13.1. The third-order valence-electron chi connectivity index (χ3n) is 8.50. The van der Waals surface area contributed by atoms with Gasteiger partial charge in [-0.2, -0.15) is 0 Å². The summed E-state index contributed by atoms with van der Waals surface area (Å²) in [5, 5.41) is 0. The Hall–Kier alpha value is -0.940. The summed E-state index contributed by atoms with van der Waals surface area (Å²) >= 11 is 0. The van der Waals surface area contributed by atoms with Gasteiger partial charge in [-0.3, -0.25) is 9.59 Å². The Morgan fingerprint density at radius 2 is 1.92 bits per heavy atom. The maximum Gasteiger partial charge on any atom is 0.312 e. The van der Waals surface area contributed by atoms with Gasteiger partial charge >= 0.3 is 5.97 Å². The van der Waals surface area contributed by atoms with E-state index in [4.69, 9.17) is 14.2 Å². The molecule has 0 aromatic rings. The molecule has 3 aliphatic heterocycles. The number of rotatable bonds is 0. The third kappa shape index (κ3) is 1.68. The molecule has 0 aromatic heterocycles. The lowest BCUT2D eigenvalue weighted by Gasteiger charge is -2.61. The monoisotopic (exact) mass is 348 g/mol. The van der Waals surface area contributed by atoms with Crippen LogP contribution in [0.2, 0.25) is 0 Å². The molecular weight excluding hydrogens is 320 g/mol. The Balaban J connectivity index is 1.64. The van der Waals surface area contributed by atoms with Gasteiger partial charge in [0.15, 0.2) is 11.4 Å². The highest BCUT2D eigenvalue weighted by Crippen LogP contribution is 2.70. The highest BCUT2D eigenvalue weighted by molar-refractivity contribution is 5.91. The fraction of sp³-hybridized carbons (Fsp3) is 0.900. The molecule has 0 N–H and O–H groups in total. The minimum Gasteiger partial charge on any atom is -0.462 e. The summed E-state index contributed by atoms with van der Waals surface area (Å²) in [6.07, 6.45) is 4.76. The zero-order chi connectivity index (χ0) is 17.7. The normalized spacial score (nSPS) is 57.3. The van der Waals surface area contributed by atoms with E-state index in [0.717, 1.165) is 25.7 Å². The van der Waals surface area contributed by atoms with Gasteiger partial charge in [0.05, 0.1) is 24.2 Å². The van der Waals surface area contributed by atoms with E-state index in [-0.39, 0.29) is 35.1 Å². The molecule has 0 amide bonds. The third-order valence-corrected chi connectivity index (χ3v) is 8.50. The van der Waals surface area contributed by atoms with Crippen LogP contribution in [-0.4, -0.2) is 42.3 Å². The Kier molecular flexibility index (Phi) is 3.03. The molecule has 5 aliphatic rings. The molecule has 2 spiro atoms. The number of esters is 1. The topological polar surface area (TPSA) is 61.8 Å². The van der Waals surface area contributed by atoms with E-state index in [9.17, 15) is 9.59 Å².